The summed E-state index contributed by atoms with van der Waals surface area (Å²) < 4.78 is 6.53. The molecule has 0 saturated carbocycles. The highest BCUT2D eigenvalue weighted by Gasteiger charge is 2.22. The maximum Gasteiger partial charge on any atom is 0.261 e. The first-order valence-electron chi connectivity index (χ1n) is 9.41. The van der Waals surface area contributed by atoms with E-state index in [-0.39, 0.29) is 5.91 Å². The van der Waals surface area contributed by atoms with Crippen LogP contribution in [0.1, 0.15) is 23.7 Å². The minimum atomic E-state index is -0.247. The molecule has 1 saturated heterocycles. The number of ether oxygens (including phenoxy) is 1. The molecule has 3 rings (SSSR count). The second-order valence-corrected chi connectivity index (χ2v) is 7.86. The zero-order valence-electron chi connectivity index (χ0n) is 15.9. The molecule has 2 aromatic carbocycles. The van der Waals surface area contributed by atoms with E-state index in [1.165, 1.54) is 5.69 Å². The number of nitrogens with zero attached hydrogens (tertiary/aromatic N) is 2. The smallest absolute Gasteiger partial charge is 0.261 e. The third-order valence-corrected chi connectivity index (χ3v) is 5.41. The largest absolute Gasteiger partial charge is 0.493 e. The van der Waals surface area contributed by atoms with E-state index in [9.17, 15) is 4.79 Å². The molecule has 28 heavy (non-hydrogen) atoms. The molecule has 1 aliphatic heterocycles. The summed E-state index contributed by atoms with van der Waals surface area (Å²) >= 11 is 8.91. The Kier molecular flexibility index (Phi) is 7.28. The summed E-state index contributed by atoms with van der Waals surface area (Å²) in [6, 6.07) is 15.8. The number of halogens is 1. The van der Waals surface area contributed by atoms with Crippen molar-refractivity contribution in [1.82, 2.24) is 10.2 Å². The Morgan fingerprint density at radius 3 is 2.54 bits per heavy atom. The number of carbonyl (C=O) groups excluding carboxylic acids is 1. The number of benzene rings is 2. The van der Waals surface area contributed by atoms with Gasteiger partial charge in [0.25, 0.3) is 5.91 Å². The molecule has 5 nitrogen and oxygen atoms in total. The minimum absolute atomic E-state index is 0.247. The molecule has 148 valence electrons. The van der Waals surface area contributed by atoms with Gasteiger partial charge in [-0.3, -0.25) is 10.1 Å². The number of rotatable bonds is 5. The third kappa shape index (κ3) is 5.23. The van der Waals surface area contributed by atoms with E-state index in [1.807, 2.05) is 36.1 Å². The van der Waals surface area contributed by atoms with Crippen LogP contribution in [0.2, 0.25) is 0 Å². The number of hydrogen-bond acceptors (Lipinski definition) is 4. The Morgan fingerprint density at radius 2 is 1.86 bits per heavy atom. The van der Waals surface area contributed by atoms with E-state index in [0.29, 0.717) is 23.0 Å². The monoisotopic (exact) mass is 461 g/mol. The highest BCUT2D eigenvalue weighted by Crippen LogP contribution is 2.23. The maximum absolute atomic E-state index is 12.8. The molecule has 1 amide bonds. The minimum Gasteiger partial charge on any atom is -0.493 e. The van der Waals surface area contributed by atoms with E-state index in [2.05, 4.69) is 38.3 Å². The number of carbonyl (C=O) groups is 1. The molecule has 1 aliphatic rings. The second-order valence-electron chi connectivity index (χ2n) is 6.56. The van der Waals surface area contributed by atoms with Gasteiger partial charge in [0, 0.05) is 36.3 Å². The maximum atomic E-state index is 12.8. The standard InChI is InChI=1S/C21H24BrN3O2S/c1-2-14-27-19-9-8-16(22)15-18(19)20(26)23-21(28)25-12-10-24(11-13-25)17-6-4-3-5-7-17/h3-9,15H,2,10-14H2,1H3,(H,23,26,28). The van der Waals surface area contributed by atoms with E-state index < -0.39 is 0 Å². The second kappa shape index (κ2) is 9.89. The average molecular weight is 462 g/mol. The van der Waals surface area contributed by atoms with Crippen molar-refractivity contribution in [3.63, 3.8) is 0 Å². The lowest BCUT2D eigenvalue weighted by Crippen LogP contribution is -2.52. The van der Waals surface area contributed by atoms with Gasteiger partial charge in [0.1, 0.15) is 5.75 Å². The zero-order valence-corrected chi connectivity index (χ0v) is 18.3. The number of piperazine rings is 1. The van der Waals surface area contributed by atoms with Crippen LogP contribution in [0.4, 0.5) is 5.69 Å². The van der Waals surface area contributed by atoms with Crippen LogP contribution in [-0.4, -0.2) is 48.7 Å². The highest BCUT2D eigenvalue weighted by atomic mass is 79.9. The van der Waals surface area contributed by atoms with Crippen LogP contribution in [-0.2, 0) is 0 Å². The molecule has 2 aromatic rings. The fourth-order valence-electron chi connectivity index (χ4n) is 3.07. The fraction of sp³-hybridized carbons (Fsp3) is 0.333. The Balaban J connectivity index is 1.59. The molecular weight excluding hydrogens is 438 g/mol. The molecule has 0 radical (unpaired) electrons. The Labute approximate surface area is 179 Å². The van der Waals surface area contributed by atoms with Crippen LogP contribution in [0.3, 0.4) is 0 Å². The number of hydrogen-bond donors (Lipinski definition) is 1. The van der Waals surface area contributed by atoms with Crippen molar-refractivity contribution < 1.29 is 9.53 Å². The molecule has 0 spiro atoms. The van der Waals surface area contributed by atoms with E-state index in [1.54, 1.807) is 12.1 Å². The number of anilines is 1. The first-order valence-corrected chi connectivity index (χ1v) is 10.6. The van der Waals surface area contributed by atoms with Crippen molar-refractivity contribution in [1.29, 1.82) is 0 Å². The zero-order chi connectivity index (χ0) is 19.9. The summed E-state index contributed by atoms with van der Waals surface area (Å²) in [6.07, 6.45) is 0.876. The van der Waals surface area contributed by atoms with Gasteiger partial charge in [-0.1, -0.05) is 41.1 Å². The quantitative estimate of drug-likeness (QED) is 0.679. The molecule has 0 aliphatic carbocycles. The van der Waals surface area contributed by atoms with Gasteiger partial charge < -0.3 is 14.5 Å². The lowest BCUT2D eigenvalue weighted by molar-refractivity contribution is 0.0969. The van der Waals surface area contributed by atoms with Crippen LogP contribution in [0, 0.1) is 0 Å². The summed E-state index contributed by atoms with van der Waals surface area (Å²) in [7, 11) is 0. The predicted molar refractivity (Wildman–Crippen MR) is 120 cm³/mol. The molecule has 7 heteroatoms. The number of nitrogens with one attached hydrogen (secondary N) is 1. The SMILES string of the molecule is CCCOc1ccc(Br)cc1C(=O)NC(=S)N1CCN(c2ccccc2)CC1. The molecule has 0 bridgehead atoms. The Hall–Kier alpha value is -2.12. The third-order valence-electron chi connectivity index (χ3n) is 4.56. The molecule has 1 N–H and O–H groups in total. The first kappa shape index (κ1) is 20.6. The lowest BCUT2D eigenvalue weighted by atomic mass is 10.2. The molecular formula is C21H24BrN3O2S. The van der Waals surface area contributed by atoms with Gasteiger partial charge in [-0.25, -0.2) is 0 Å². The van der Waals surface area contributed by atoms with Gasteiger partial charge in [0.2, 0.25) is 0 Å². The van der Waals surface area contributed by atoms with Crippen LogP contribution < -0.4 is 15.0 Å². The highest BCUT2D eigenvalue weighted by molar-refractivity contribution is 9.10. The Morgan fingerprint density at radius 1 is 1.14 bits per heavy atom. The first-order chi connectivity index (χ1) is 13.6. The Bertz CT molecular complexity index is 824. The number of para-hydroxylation sites is 1. The molecule has 1 fully saturated rings. The van der Waals surface area contributed by atoms with Gasteiger partial charge in [0.05, 0.1) is 12.2 Å². The van der Waals surface area contributed by atoms with Crippen LogP contribution in [0.5, 0.6) is 5.75 Å². The molecule has 0 atom stereocenters. The van der Waals surface area contributed by atoms with Crippen LogP contribution >= 0.6 is 28.1 Å². The number of amides is 1. The fourth-order valence-corrected chi connectivity index (χ4v) is 3.70. The van der Waals surface area contributed by atoms with E-state index in [0.717, 1.165) is 37.1 Å². The molecule has 0 aromatic heterocycles. The normalized spacial score (nSPS) is 13.9. The summed E-state index contributed by atoms with van der Waals surface area (Å²) in [5.41, 5.74) is 1.69. The van der Waals surface area contributed by atoms with Gasteiger partial charge in [-0.15, -0.1) is 0 Å². The molecule has 0 unspecified atom stereocenters. The van der Waals surface area contributed by atoms with Gasteiger partial charge in [-0.05, 0) is 49.0 Å². The summed E-state index contributed by atoms with van der Waals surface area (Å²) in [6.45, 7) is 5.86. The summed E-state index contributed by atoms with van der Waals surface area (Å²) in [5, 5.41) is 3.32. The topological polar surface area (TPSA) is 44.8 Å². The van der Waals surface area contributed by atoms with Crippen molar-refractivity contribution >= 4 is 44.9 Å². The van der Waals surface area contributed by atoms with E-state index >= 15 is 0 Å². The van der Waals surface area contributed by atoms with E-state index in [4.69, 9.17) is 17.0 Å². The van der Waals surface area contributed by atoms with Crippen LogP contribution in [0.25, 0.3) is 0 Å². The molecule has 1 heterocycles. The van der Waals surface area contributed by atoms with Gasteiger partial charge in [0.15, 0.2) is 5.11 Å². The van der Waals surface area contributed by atoms with Crippen molar-refractivity contribution in [3.8, 4) is 5.75 Å². The average Bonchev–Trinajstić information content (AvgIpc) is 2.73. The van der Waals surface area contributed by atoms with Crippen LogP contribution in [0.15, 0.2) is 53.0 Å². The van der Waals surface area contributed by atoms with Crippen molar-refractivity contribution in [3.05, 3.63) is 58.6 Å². The summed E-state index contributed by atoms with van der Waals surface area (Å²) in [4.78, 5) is 17.1. The lowest BCUT2D eigenvalue weighted by Gasteiger charge is -2.37. The predicted octanol–water partition coefficient (Wildman–Crippen LogP) is 4.07. The van der Waals surface area contributed by atoms with Crippen molar-refractivity contribution in [2.45, 2.75) is 13.3 Å². The van der Waals surface area contributed by atoms with Gasteiger partial charge in [-0.2, -0.15) is 0 Å². The van der Waals surface area contributed by atoms with Gasteiger partial charge >= 0.3 is 0 Å². The summed E-state index contributed by atoms with van der Waals surface area (Å²) in [5.74, 6) is 0.321. The van der Waals surface area contributed by atoms with Crippen molar-refractivity contribution in [2.75, 3.05) is 37.7 Å². The van der Waals surface area contributed by atoms with Crippen molar-refractivity contribution in [2.24, 2.45) is 0 Å². The number of thiocarbonyl (C=S) groups is 1.